The Hall–Kier alpha value is -2.08. The van der Waals surface area contributed by atoms with Gasteiger partial charge < -0.3 is 19.9 Å². The topological polar surface area (TPSA) is 84.9 Å². The Morgan fingerprint density at radius 3 is 2.57 bits per heavy atom. The molecule has 1 amide bonds. The second-order valence-electron chi connectivity index (χ2n) is 5.14. The summed E-state index contributed by atoms with van der Waals surface area (Å²) in [6.45, 7) is 2.52. The summed E-state index contributed by atoms with van der Waals surface area (Å²) in [5.74, 6) is -0.852. The van der Waals surface area contributed by atoms with Crippen molar-refractivity contribution in [1.29, 1.82) is 0 Å². The maximum absolute atomic E-state index is 12.3. The van der Waals surface area contributed by atoms with Crippen LogP contribution in [-0.2, 0) is 9.53 Å². The van der Waals surface area contributed by atoms with Crippen molar-refractivity contribution in [2.75, 3.05) is 20.3 Å². The van der Waals surface area contributed by atoms with E-state index >= 15 is 0 Å². The lowest BCUT2D eigenvalue weighted by Crippen LogP contribution is -2.57. The number of methoxy groups -OCH3 is 1. The zero-order valence-electron chi connectivity index (χ0n) is 12.1. The number of carbonyl (C=O) groups is 2. The highest BCUT2D eigenvalue weighted by Gasteiger charge is 2.41. The molecular weight excluding hydrogens is 274 g/mol. The number of rotatable bonds is 4. The van der Waals surface area contributed by atoms with E-state index in [4.69, 9.17) is 9.47 Å². The molecule has 1 aromatic carbocycles. The summed E-state index contributed by atoms with van der Waals surface area (Å²) in [6.07, 6.45) is 0.522. The third kappa shape index (κ3) is 3.16. The zero-order valence-corrected chi connectivity index (χ0v) is 12.1. The van der Waals surface area contributed by atoms with Crippen LogP contribution in [0.3, 0.4) is 0 Å². The molecule has 6 heteroatoms. The van der Waals surface area contributed by atoms with Gasteiger partial charge in [0, 0.05) is 31.6 Å². The molecular formula is C15H19NO5. The summed E-state index contributed by atoms with van der Waals surface area (Å²) in [7, 11) is 1.53. The molecule has 0 radical (unpaired) electrons. The van der Waals surface area contributed by atoms with Gasteiger partial charge in [0.1, 0.15) is 11.3 Å². The van der Waals surface area contributed by atoms with E-state index < -0.39 is 17.4 Å². The molecule has 114 valence electrons. The van der Waals surface area contributed by atoms with Crippen molar-refractivity contribution in [3.05, 3.63) is 29.3 Å². The predicted molar refractivity (Wildman–Crippen MR) is 75.6 cm³/mol. The minimum atomic E-state index is -1.26. The number of nitrogens with one attached hydrogen (secondary N) is 1. The molecule has 21 heavy (non-hydrogen) atoms. The van der Waals surface area contributed by atoms with Crippen molar-refractivity contribution in [3.63, 3.8) is 0 Å². The average molecular weight is 293 g/mol. The van der Waals surface area contributed by atoms with Gasteiger partial charge in [0.25, 0.3) is 5.91 Å². The number of hydrogen-bond donors (Lipinski definition) is 2. The lowest BCUT2D eigenvalue weighted by Gasteiger charge is -2.33. The molecule has 0 saturated carbocycles. The molecule has 0 bridgehead atoms. The van der Waals surface area contributed by atoms with Gasteiger partial charge in [-0.05, 0) is 24.6 Å². The van der Waals surface area contributed by atoms with Crippen LogP contribution in [0.4, 0.5) is 0 Å². The minimum absolute atomic E-state index is 0.261. The van der Waals surface area contributed by atoms with Gasteiger partial charge in [0.2, 0.25) is 0 Å². The molecule has 1 saturated heterocycles. The van der Waals surface area contributed by atoms with E-state index in [1.165, 1.54) is 7.11 Å². The number of hydrogen-bond acceptors (Lipinski definition) is 4. The van der Waals surface area contributed by atoms with Crippen LogP contribution in [0.5, 0.6) is 5.75 Å². The minimum Gasteiger partial charge on any atom is -0.496 e. The van der Waals surface area contributed by atoms with Gasteiger partial charge in [-0.15, -0.1) is 0 Å². The average Bonchev–Trinajstić information content (AvgIpc) is 2.48. The Morgan fingerprint density at radius 2 is 2.00 bits per heavy atom. The first-order valence-electron chi connectivity index (χ1n) is 6.77. The maximum atomic E-state index is 12.3. The Morgan fingerprint density at radius 1 is 1.33 bits per heavy atom. The monoisotopic (exact) mass is 293 g/mol. The van der Waals surface area contributed by atoms with Gasteiger partial charge in [-0.25, -0.2) is 4.79 Å². The first kappa shape index (κ1) is 15.3. The van der Waals surface area contributed by atoms with E-state index in [0.29, 0.717) is 24.5 Å². The van der Waals surface area contributed by atoms with E-state index in [1.807, 2.05) is 6.92 Å². The summed E-state index contributed by atoms with van der Waals surface area (Å²) in [4.78, 5) is 23.9. The van der Waals surface area contributed by atoms with Gasteiger partial charge in [0.15, 0.2) is 0 Å². The van der Waals surface area contributed by atoms with Crippen LogP contribution in [0.25, 0.3) is 0 Å². The van der Waals surface area contributed by atoms with Crippen LogP contribution in [0.1, 0.15) is 28.8 Å². The number of ether oxygens (including phenoxy) is 2. The van der Waals surface area contributed by atoms with Crippen LogP contribution < -0.4 is 10.1 Å². The molecule has 0 aromatic heterocycles. The molecule has 1 aliphatic heterocycles. The highest BCUT2D eigenvalue weighted by Crippen LogP contribution is 2.23. The molecule has 0 aliphatic carbocycles. The molecule has 1 fully saturated rings. The number of carboxylic acids is 1. The van der Waals surface area contributed by atoms with E-state index in [1.54, 1.807) is 18.2 Å². The number of aryl methyl sites for hydroxylation is 1. The third-order valence-corrected chi connectivity index (χ3v) is 3.78. The van der Waals surface area contributed by atoms with Crippen LogP contribution in [0.15, 0.2) is 18.2 Å². The molecule has 0 spiro atoms. The summed E-state index contributed by atoms with van der Waals surface area (Å²) >= 11 is 0. The van der Waals surface area contributed by atoms with Crippen LogP contribution >= 0.6 is 0 Å². The first-order valence-corrected chi connectivity index (χ1v) is 6.77. The molecule has 1 aromatic rings. The van der Waals surface area contributed by atoms with Crippen LogP contribution in [0.2, 0.25) is 0 Å². The standard InChI is InChI=1S/C15H19NO5/c1-10-3-4-11(9-12(10)20-2)13(17)16-15(14(18)19)5-7-21-8-6-15/h3-4,9H,5-8H2,1-2H3,(H,16,17)(H,18,19). The van der Waals surface area contributed by atoms with E-state index in [0.717, 1.165) is 5.56 Å². The molecule has 0 atom stereocenters. The zero-order chi connectivity index (χ0) is 15.5. The van der Waals surface area contributed by atoms with E-state index in [-0.39, 0.29) is 12.8 Å². The number of carboxylic acid groups (broad SMARTS) is 1. The molecule has 0 unspecified atom stereocenters. The maximum Gasteiger partial charge on any atom is 0.329 e. The second-order valence-corrected chi connectivity index (χ2v) is 5.14. The second kappa shape index (κ2) is 6.13. The molecule has 2 N–H and O–H groups in total. The Kier molecular flexibility index (Phi) is 4.47. The van der Waals surface area contributed by atoms with Crippen molar-refractivity contribution in [3.8, 4) is 5.75 Å². The highest BCUT2D eigenvalue weighted by molar-refractivity contribution is 5.98. The molecule has 1 aliphatic rings. The smallest absolute Gasteiger partial charge is 0.329 e. The highest BCUT2D eigenvalue weighted by atomic mass is 16.5. The lowest BCUT2D eigenvalue weighted by molar-refractivity contribution is -0.148. The van der Waals surface area contributed by atoms with Gasteiger partial charge in [-0.3, -0.25) is 4.79 Å². The van der Waals surface area contributed by atoms with Gasteiger partial charge in [0.05, 0.1) is 7.11 Å². The number of benzene rings is 1. The van der Waals surface area contributed by atoms with Gasteiger partial charge in [-0.2, -0.15) is 0 Å². The van der Waals surface area contributed by atoms with Crippen molar-refractivity contribution in [1.82, 2.24) is 5.32 Å². The van der Waals surface area contributed by atoms with Crippen molar-refractivity contribution in [2.24, 2.45) is 0 Å². The summed E-state index contributed by atoms with van der Waals surface area (Å²) in [5.41, 5.74) is 0.0330. The summed E-state index contributed by atoms with van der Waals surface area (Å²) in [5, 5.41) is 12.1. The van der Waals surface area contributed by atoms with Gasteiger partial charge >= 0.3 is 5.97 Å². The fourth-order valence-electron chi connectivity index (χ4n) is 2.36. The number of aliphatic carboxylic acids is 1. The van der Waals surface area contributed by atoms with Crippen LogP contribution in [0, 0.1) is 6.92 Å². The summed E-state index contributed by atoms with van der Waals surface area (Å²) < 4.78 is 10.4. The van der Waals surface area contributed by atoms with Crippen molar-refractivity contribution in [2.45, 2.75) is 25.3 Å². The lowest BCUT2D eigenvalue weighted by atomic mass is 9.89. The fourth-order valence-corrected chi connectivity index (χ4v) is 2.36. The third-order valence-electron chi connectivity index (χ3n) is 3.78. The number of carbonyl (C=O) groups excluding carboxylic acids is 1. The largest absolute Gasteiger partial charge is 0.496 e. The van der Waals surface area contributed by atoms with E-state index in [2.05, 4.69) is 5.32 Å². The SMILES string of the molecule is COc1cc(C(=O)NC2(C(=O)O)CCOCC2)ccc1C. The Labute approximate surface area is 123 Å². The van der Waals surface area contributed by atoms with Gasteiger partial charge in [-0.1, -0.05) is 6.07 Å². The molecule has 1 heterocycles. The molecule has 2 rings (SSSR count). The van der Waals surface area contributed by atoms with Crippen molar-refractivity contribution >= 4 is 11.9 Å². The van der Waals surface area contributed by atoms with Crippen molar-refractivity contribution < 1.29 is 24.2 Å². The first-order chi connectivity index (χ1) is 9.98. The Balaban J connectivity index is 2.21. The normalized spacial score (nSPS) is 17.0. The number of amides is 1. The Bertz CT molecular complexity index is 549. The summed E-state index contributed by atoms with van der Waals surface area (Å²) in [6, 6.07) is 5.03. The van der Waals surface area contributed by atoms with Crippen LogP contribution in [-0.4, -0.2) is 42.8 Å². The predicted octanol–water partition coefficient (Wildman–Crippen LogP) is 1.37. The fraction of sp³-hybridized carbons (Fsp3) is 0.467. The molecule has 6 nitrogen and oxygen atoms in total. The van der Waals surface area contributed by atoms with E-state index in [9.17, 15) is 14.7 Å². The quantitative estimate of drug-likeness (QED) is 0.875.